The van der Waals surface area contributed by atoms with E-state index in [2.05, 4.69) is 11.2 Å². The summed E-state index contributed by atoms with van der Waals surface area (Å²) in [6.45, 7) is 2.76. The van der Waals surface area contributed by atoms with Crippen LogP contribution in [-0.2, 0) is 6.54 Å². The zero-order valence-electron chi connectivity index (χ0n) is 11.6. The molecule has 1 unspecified atom stereocenters. The molecule has 0 bridgehead atoms. The number of methoxy groups -OCH3 is 1. The number of ether oxygens (including phenoxy) is 1. The smallest absolute Gasteiger partial charge is 0.163 e. The van der Waals surface area contributed by atoms with Gasteiger partial charge in [-0.1, -0.05) is 19.1 Å². The van der Waals surface area contributed by atoms with E-state index in [1.54, 1.807) is 42.3 Å². The van der Waals surface area contributed by atoms with E-state index in [4.69, 9.17) is 10.00 Å². The minimum atomic E-state index is -0.827. The molecule has 0 saturated carbocycles. The molecule has 0 spiro atoms. The first-order valence-electron chi connectivity index (χ1n) is 6.49. The van der Waals surface area contributed by atoms with Gasteiger partial charge < -0.3 is 9.84 Å². The molecule has 1 heterocycles. The largest absolute Gasteiger partial charge is 0.493 e. The summed E-state index contributed by atoms with van der Waals surface area (Å²) in [5, 5.41) is 23.6. The van der Waals surface area contributed by atoms with E-state index in [9.17, 15) is 5.11 Å². The summed E-state index contributed by atoms with van der Waals surface area (Å²) in [5.74, 6) is 0.565. The Morgan fingerprint density at radius 3 is 2.65 bits per heavy atom. The molecule has 5 heteroatoms. The Labute approximate surface area is 118 Å². The van der Waals surface area contributed by atoms with Gasteiger partial charge in [0.05, 0.1) is 24.9 Å². The molecule has 0 saturated heterocycles. The summed E-state index contributed by atoms with van der Waals surface area (Å²) < 4.78 is 7.02. The fourth-order valence-electron chi connectivity index (χ4n) is 2.10. The van der Waals surface area contributed by atoms with Crippen LogP contribution in [0.15, 0.2) is 30.5 Å². The van der Waals surface area contributed by atoms with Gasteiger partial charge in [-0.3, -0.25) is 4.68 Å². The Bertz CT molecular complexity index is 611. The van der Waals surface area contributed by atoms with Crippen LogP contribution in [0.25, 0.3) is 0 Å². The Balaban J connectivity index is 2.38. The predicted octanol–water partition coefficient (Wildman–Crippen LogP) is 2.26. The van der Waals surface area contributed by atoms with E-state index in [0.717, 1.165) is 6.42 Å². The summed E-state index contributed by atoms with van der Waals surface area (Å²) >= 11 is 0. The summed E-state index contributed by atoms with van der Waals surface area (Å²) in [6.07, 6.45) is 1.70. The average Bonchev–Trinajstić information content (AvgIpc) is 2.90. The number of hydrogen-bond donors (Lipinski definition) is 1. The van der Waals surface area contributed by atoms with Crippen molar-refractivity contribution in [2.75, 3.05) is 7.11 Å². The average molecular weight is 271 g/mol. The Hall–Kier alpha value is -2.32. The third-order valence-electron chi connectivity index (χ3n) is 3.11. The molecule has 0 fully saturated rings. The first-order chi connectivity index (χ1) is 9.71. The fraction of sp³-hybridized carbons (Fsp3) is 0.333. The van der Waals surface area contributed by atoms with E-state index in [-0.39, 0.29) is 0 Å². The predicted molar refractivity (Wildman–Crippen MR) is 74.3 cm³/mol. The number of aryl methyl sites for hydroxylation is 1. The van der Waals surface area contributed by atoms with E-state index in [1.165, 1.54) is 0 Å². The maximum absolute atomic E-state index is 10.5. The molecule has 20 heavy (non-hydrogen) atoms. The minimum absolute atomic E-state index is 0.565. The maximum Gasteiger partial charge on any atom is 0.163 e. The highest BCUT2D eigenvalue weighted by molar-refractivity contribution is 5.38. The third-order valence-corrected chi connectivity index (χ3v) is 3.11. The summed E-state index contributed by atoms with van der Waals surface area (Å²) in [4.78, 5) is 0. The highest BCUT2D eigenvalue weighted by atomic mass is 16.5. The Morgan fingerprint density at radius 2 is 2.10 bits per heavy atom. The summed E-state index contributed by atoms with van der Waals surface area (Å²) in [7, 11) is 1.56. The number of benzene rings is 1. The molecule has 5 nitrogen and oxygen atoms in total. The lowest BCUT2D eigenvalue weighted by Crippen LogP contribution is -2.11. The van der Waals surface area contributed by atoms with E-state index >= 15 is 0 Å². The normalized spacial score (nSPS) is 11.9. The monoisotopic (exact) mass is 271 g/mol. The van der Waals surface area contributed by atoms with Crippen molar-refractivity contribution in [3.63, 3.8) is 0 Å². The second-order valence-corrected chi connectivity index (χ2v) is 4.46. The first kappa shape index (κ1) is 14.1. The molecule has 2 aromatic rings. The van der Waals surface area contributed by atoms with Gasteiger partial charge in [-0.15, -0.1) is 0 Å². The molecule has 1 N–H and O–H groups in total. The van der Waals surface area contributed by atoms with Crippen LogP contribution in [0, 0.1) is 11.3 Å². The van der Waals surface area contributed by atoms with Gasteiger partial charge in [0, 0.05) is 6.54 Å². The number of nitrogens with zero attached hydrogens (tertiary/aromatic N) is 3. The van der Waals surface area contributed by atoms with Gasteiger partial charge in [-0.05, 0) is 24.1 Å². The van der Waals surface area contributed by atoms with Crippen LogP contribution in [-0.4, -0.2) is 22.0 Å². The number of aromatic nitrogens is 2. The van der Waals surface area contributed by atoms with Crippen LogP contribution in [0.1, 0.15) is 36.3 Å². The zero-order valence-corrected chi connectivity index (χ0v) is 11.6. The number of hydrogen-bond acceptors (Lipinski definition) is 4. The molecule has 0 amide bonds. The van der Waals surface area contributed by atoms with E-state index in [1.807, 2.05) is 6.92 Å². The van der Waals surface area contributed by atoms with Crippen LogP contribution < -0.4 is 4.74 Å². The van der Waals surface area contributed by atoms with Crippen molar-refractivity contribution < 1.29 is 9.84 Å². The standard InChI is InChI=1S/C15H17N3O2/c1-3-8-18-14(13(20-2)10-17-18)15(19)12-6-4-11(9-16)5-7-12/h4-7,10,15,19H,3,8H2,1-2H3. The fourth-order valence-corrected chi connectivity index (χ4v) is 2.10. The van der Waals surface area contributed by atoms with Gasteiger partial charge in [0.25, 0.3) is 0 Å². The van der Waals surface area contributed by atoms with Crippen LogP contribution in [0.5, 0.6) is 5.75 Å². The SMILES string of the molecule is CCCn1ncc(OC)c1C(O)c1ccc(C#N)cc1. The van der Waals surface area contributed by atoms with Crippen molar-refractivity contribution in [1.29, 1.82) is 5.26 Å². The van der Waals surface area contributed by atoms with Crippen molar-refractivity contribution in [3.8, 4) is 11.8 Å². The highest BCUT2D eigenvalue weighted by Crippen LogP contribution is 2.30. The van der Waals surface area contributed by atoms with Gasteiger partial charge in [0.2, 0.25) is 0 Å². The van der Waals surface area contributed by atoms with Gasteiger partial charge >= 0.3 is 0 Å². The molecular formula is C15H17N3O2. The van der Waals surface area contributed by atoms with Crippen LogP contribution in [0.3, 0.4) is 0 Å². The first-order valence-corrected chi connectivity index (χ1v) is 6.49. The lowest BCUT2D eigenvalue weighted by Gasteiger charge is -2.15. The molecule has 0 aliphatic carbocycles. The minimum Gasteiger partial charge on any atom is -0.493 e. The maximum atomic E-state index is 10.5. The van der Waals surface area contributed by atoms with Crippen LogP contribution >= 0.6 is 0 Å². The van der Waals surface area contributed by atoms with Crippen molar-refractivity contribution in [2.45, 2.75) is 26.0 Å². The summed E-state index contributed by atoms with van der Waals surface area (Å²) in [6, 6.07) is 8.91. The Kier molecular flexibility index (Phi) is 4.38. The summed E-state index contributed by atoms with van der Waals surface area (Å²) in [5.41, 5.74) is 1.91. The van der Waals surface area contributed by atoms with Crippen molar-refractivity contribution in [3.05, 3.63) is 47.3 Å². The molecule has 104 valence electrons. The molecule has 0 aliphatic heterocycles. The molecular weight excluding hydrogens is 254 g/mol. The molecule has 0 aliphatic rings. The van der Waals surface area contributed by atoms with Gasteiger partial charge in [0.1, 0.15) is 11.8 Å². The highest BCUT2D eigenvalue weighted by Gasteiger charge is 2.21. The van der Waals surface area contributed by atoms with E-state index < -0.39 is 6.10 Å². The zero-order chi connectivity index (χ0) is 14.5. The van der Waals surface area contributed by atoms with Crippen LogP contribution in [0.4, 0.5) is 0 Å². The van der Waals surface area contributed by atoms with Crippen LogP contribution in [0.2, 0.25) is 0 Å². The number of aliphatic hydroxyl groups excluding tert-OH is 1. The number of rotatable bonds is 5. The van der Waals surface area contributed by atoms with Gasteiger partial charge in [0.15, 0.2) is 5.75 Å². The van der Waals surface area contributed by atoms with Gasteiger partial charge in [-0.25, -0.2) is 0 Å². The van der Waals surface area contributed by atoms with Crippen molar-refractivity contribution >= 4 is 0 Å². The third kappa shape index (κ3) is 2.65. The second kappa shape index (κ2) is 6.22. The number of nitriles is 1. The molecule has 1 aromatic heterocycles. The van der Waals surface area contributed by atoms with Crippen molar-refractivity contribution in [1.82, 2.24) is 9.78 Å². The lowest BCUT2D eigenvalue weighted by atomic mass is 10.0. The van der Waals surface area contributed by atoms with Gasteiger partial charge in [-0.2, -0.15) is 10.4 Å². The Morgan fingerprint density at radius 1 is 1.40 bits per heavy atom. The number of aliphatic hydroxyl groups is 1. The topological polar surface area (TPSA) is 71.1 Å². The molecule has 1 atom stereocenters. The van der Waals surface area contributed by atoms with E-state index in [0.29, 0.717) is 29.1 Å². The quantitative estimate of drug-likeness (QED) is 0.905. The second-order valence-electron chi connectivity index (χ2n) is 4.46. The molecule has 0 radical (unpaired) electrons. The molecule has 1 aromatic carbocycles. The molecule has 2 rings (SSSR count). The van der Waals surface area contributed by atoms with Crippen molar-refractivity contribution in [2.24, 2.45) is 0 Å². The lowest BCUT2D eigenvalue weighted by molar-refractivity contribution is 0.202.